The number of nitrogens with zero attached hydrogens (tertiary/aromatic N) is 2. The summed E-state index contributed by atoms with van der Waals surface area (Å²) in [7, 11) is 0. The number of thiazole rings is 1. The van der Waals surface area contributed by atoms with Crippen LogP contribution in [0.4, 0.5) is 5.82 Å². The molecule has 2 aromatic carbocycles. The second-order valence-corrected chi connectivity index (χ2v) is 9.29. The average Bonchev–Trinajstić information content (AvgIpc) is 3.26. The topological polar surface area (TPSA) is 37.8 Å². The second kappa shape index (κ2) is 11.1. The van der Waals surface area contributed by atoms with E-state index in [1.807, 2.05) is 17.5 Å². The summed E-state index contributed by atoms with van der Waals surface area (Å²) >= 11 is 1.82. The summed E-state index contributed by atoms with van der Waals surface area (Å²) in [6.07, 6.45) is 7.44. The van der Waals surface area contributed by atoms with Crippen molar-refractivity contribution in [3.63, 3.8) is 0 Å². The molecule has 1 N–H and O–H groups in total. The van der Waals surface area contributed by atoms with Crippen molar-refractivity contribution in [1.29, 1.82) is 0 Å². The van der Waals surface area contributed by atoms with E-state index in [2.05, 4.69) is 90.9 Å². The Morgan fingerprint density at radius 3 is 2.56 bits per heavy atom. The maximum atomic E-state index is 5.05. The third-order valence-electron chi connectivity index (χ3n) is 5.52. The summed E-state index contributed by atoms with van der Waals surface area (Å²) < 4.78 is 0. The van der Waals surface area contributed by atoms with Gasteiger partial charge in [0.05, 0.1) is 15.6 Å². The fourth-order valence-electron chi connectivity index (χ4n) is 3.81. The van der Waals surface area contributed by atoms with Gasteiger partial charge in [0.25, 0.3) is 0 Å². The molecule has 4 aromatic rings. The largest absolute Gasteiger partial charge is 0.370 e. The van der Waals surface area contributed by atoms with E-state index in [-0.39, 0.29) is 0 Å². The number of rotatable bonds is 10. The number of benzene rings is 2. The lowest BCUT2D eigenvalue weighted by Gasteiger charge is -2.08. The van der Waals surface area contributed by atoms with Crippen molar-refractivity contribution < 1.29 is 0 Å². The van der Waals surface area contributed by atoms with Crippen molar-refractivity contribution in [2.75, 3.05) is 11.9 Å². The molecule has 0 spiro atoms. The molecule has 4 heteroatoms. The van der Waals surface area contributed by atoms with Gasteiger partial charge in [0.2, 0.25) is 0 Å². The van der Waals surface area contributed by atoms with Crippen LogP contribution in [0.3, 0.4) is 0 Å². The van der Waals surface area contributed by atoms with Crippen molar-refractivity contribution >= 4 is 17.2 Å². The summed E-state index contributed by atoms with van der Waals surface area (Å²) in [5, 5.41) is 4.72. The van der Waals surface area contributed by atoms with E-state index in [0.29, 0.717) is 0 Å². The van der Waals surface area contributed by atoms with Gasteiger partial charge in [-0.1, -0.05) is 67.4 Å². The van der Waals surface area contributed by atoms with Crippen molar-refractivity contribution in [3.05, 3.63) is 89.1 Å². The highest BCUT2D eigenvalue weighted by Crippen LogP contribution is 2.38. The normalized spacial score (nSPS) is 10.9. The Hall–Kier alpha value is -2.98. The molecular weight excluding hydrogens is 410 g/mol. The molecule has 0 aliphatic heterocycles. The zero-order valence-electron chi connectivity index (χ0n) is 19.0. The van der Waals surface area contributed by atoms with E-state index in [1.54, 1.807) is 0 Å². The molecule has 0 saturated heterocycles. The highest BCUT2D eigenvalue weighted by molar-refractivity contribution is 7.15. The van der Waals surface area contributed by atoms with Gasteiger partial charge in [-0.05, 0) is 61.9 Å². The van der Waals surface area contributed by atoms with E-state index >= 15 is 0 Å². The van der Waals surface area contributed by atoms with Crippen LogP contribution in [0.15, 0.2) is 72.9 Å². The standard InChI is InChI=1S/C28H31N3S/c1-3-4-15-26-31-27(23-14-8-10-21(2)19-23)28(32-26)24-16-18-30-25(20-24)29-17-9-13-22-11-6-5-7-12-22/h5-8,10-12,14,16,18-20H,3-4,9,13,15,17H2,1-2H3,(H,29,30). The summed E-state index contributed by atoms with van der Waals surface area (Å²) in [6.45, 7) is 5.27. The van der Waals surface area contributed by atoms with Gasteiger partial charge in [-0.2, -0.15) is 0 Å². The van der Waals surface area contributed by atoms with Gasteiger partial charge >= 0.3 is 0 Å². The van der Waals surface area contributed by atoms with Crippen LogP contribution < -0.4 is 5.32 Å². The predicted molar refractivity (Wildman–Crippen MR) is 137 cm³/mol. The first-order chi connectivity index (χ1) is 15.7. The predicted octanol–water partition coefficient (Wildman–Crippen LogP) is 7.57. The van der Waals surface area contributed by atoms with Crippen LogP contribution in [0.2, 0.25) is 0 Å². The summed E-state index contributed by atoms with van der Waals surface area (Å²) in [5.74, 6) is 0.925. The molecule has 0 aliphatic carbocycles. The van der Waals surface area contributed by atoms with E-state index in [1.165, 1.54) is 45.0 Å². The lowest BCUT2D eigenvalue weighted by atomic mass is 10.1. The number of aryl methyl sites for hydroxylation is 3. The molecule has 2 heterocycles. The smallest absolute Gasteiger partial charge is 0.126 e. The van der Waals surface area contributed by atoms with Gasteiger partial charge < -0.3 is 5.32 Å². The molecule has 3 nitrogen and oxygen atoms in total. The first-order valence-corrected chi connectivity index (χ1v) is 12.4. The Kier molecular flexibility index (Phi) is 7.68. The molecular formula is C28H31N3S. The molecule has 4 rings (SSSR count). The second-order valence-electron chi connectivity index (χ2n) is 8.20. The highest BCUT2D eigenvalue weighted by atomic mass is 32.1. The Morgan fingerprint density at radius 2 is 1.75 bits per heavy atom. The van der Waals surface area contributed by atoms with Crippen molar-refractivity contribution in [3.8, 4) is 21.7 Å². The number of hydrogen-bond acceptors (Lipinski definition) is 4. The van der Waals surface area contributed by atoms with Crippen molar-refractivity contribution in [2.24, 2.45) is 0 Å². The Morgan fingerprint density at radius 1 is 0.875 bits per heavy atom. The van der Waals surface area contributed by atoms with Gasteiger partial charge in [-0.3, -0.25) is 0 Å². The quantitative estimate of drug-likeness (QED) is 0.258. The number of unbranched alkanes of at least 4 members (excludes halogenated alkanes) is 1. The molecule has 0 radical (unpaired) electrons. The Balaban J connectivity index is 1.52. The van der Waals surface area contributed by atoms with E-state index in [0.717, 1.165) is 37.3 Å². The summed E-state index contributed by atoms with van der Waals surface area (Å²) in [4.78, 5) is 10.8. The first kappa shape index (κ1) is 22.2. The van der Waals surface area contributed by atoms with Crippen LogP contribution in [0, 0.1) is 6.92 Å². The van der Waals surface area contributed by atoms with E-state index in [4.69, 9.17) is 4.98 Å². The van der Waals surface area contributed by atoms with Crippen LogP contribution in [0.5, 0.6) is 0 Å². The van der Waals surface area contributed by atoms with Crippen LogP contribution in [0.1, 0.15) is 42.3 Å². The lowest BCUT2D eigenvalue weighted by Crippen LogP contribution is -2.04. The Bertz CT molecular complexity index is 1130. The average molecular weight is 442 g/mol. The first-order valence-electron chi connectivity index (χ1n) is 11.5. The molecule has 0 amide bonds. The van der Waals surface area contributed by atoms with Crippen LogP contribution in [-0.4, -0.2) is 16.5 Å². The molecule has 0 saturated carbocycles. The fraction of sp³-hybridized carbons (Fsp3) is 0.286. The minimum Gasteiger partial charge on any atom is -0.370 e. The van der Waals surface area contributed by atoms with Crippen molar-refractivity contribution in [2.45, 2.75) is 46.0 Å². The van der Waals surface area contributed by atoms with Gasteiger partial charge in [0, 0.05) is 18.3 Å². The number of nitrogens with one attached hydrogen (secondary N) is 1. The fourth-order valence-corrected chi connectivity index (χ4v) is 4.93. The molecule has 0 aliphatic rings. The van der Waals surface area contributed by atoms with Gasteiger partial charge in [0.15, 0.2) is 0 Å². The monoisotopic (exact) mass is 441 g/mol. The summed E-state index contributed by atoms with van der Waals surface area (Å²) in [5.41, 5.74) is 6.09. The number of anilines is 1. The van der Waals surface area contributed by atoms with Gasteiger partial charge in [0.1, 0.15) is 5.82 Å². The number of aromatic nitrogens is 2. The van der Waals surface area contributed by atoms with E-state index < -0.39 is 0 Å². The molecule has 0 fully saturated rings. The highest BCUT2D eigenvalue weighted by Gasteiger charge is 2.15. The van der Waals surface area contributed by atoms with Crippen LogP contribution in [-0.2, 0) is 12.8 Å². The van der Waals surface area contributed by atoms with Crippen LogP contribution >= 0.6 is 11.3 Å². The number of hydrogen-bond donors (Lipinski definition) is 1. The molecule has 0 atom stereocenters. The maximum Gasteiger partial charge on any atom is 0.126 e. The molecule has 2 aromatic heterocycles. The third kappa shape index (κ3) is 5.83. The lowest BCUT2D eigenvalue weighted by molar-refractivity contribution is 0.790. The molecule has 32 heavy (non-hydrogen) atoms. The zero-order valence-corrected chi connectivity index (χ0v) is 19.8. The zero-order chi connectivity index (χ0) is 22.2. The SMILES string of the molecule is CCCCc1nc(-c2cccc(C)c2)c(-c2ccnc(NCCCc3ccccc3)c2)s1. The van der Waals surface area contributed by atoms with Crippen molar-refractivity contribution in [1.82, 2.24) is 9.97 Å². The third-order valence-corrected chi connectivity index (χ3v) is 6.68. The molecule has 164 valence electrons. The molecule has 0 unspecified atom stereocenters. The van der Waals surface area contributed by atoms with Gasteiger partial charge in [-0.25, -0.2) is 9.97 Å². The minimum absolute atomic E-state index is 0.903. The minimum atomic E-state index is 0.903. The Labute approximate surface area is 195 Å². The number of pyridine rings is 1. The van der Waals surface area contributed by atoms with E-state index in [9.17, 15) is 0 Å². The maximum absolute atomic E-state index is 5.05. The van der Waals surface area contributed by atoms with Crippen LogP contribution in [0.25, 0.3) is 21.7 Å². The molecule has 0 bridgehead atoms. The van der Waals surface area contributed by atoms with Gasteiger partial charge in [-0.15, -0.1) is 11.3 Å². The summed E-state index contributed by atoms with van der Waals surface area (Å²) in [6, 6.07) is 23.6.